The average molecular weight is 932 g/mol. The molecule has 73 heavy (non-hydrogen) atoms. The standard InChI is InChI=1S/C72H49N/c1-5-25-56(26-6-1)71(57-27-7-2-8-28-57)66-36-18-16-34-64(66)70-67(71)37-20-38-69(70)73(60-43-41-51(42-44-60)53-23-19-24-54(47-53)55-40-39-50-21-13-14-22-52(50)48-55)61-45-46-63-62-33-15-17-35-65(62)72(68(63)49-61,58-29-9-3-10-30-58)59-31-11-4-12-32-59/h1-49H/i41D,42D,43D,44D. The SMILES string of the molecule is [2H]c1c([2H])c(N(c2ccc3c(c2)C(c2ccccc2)(c2ccccc2)c2ccccc2-3)c2cccc3c2-c2ccccc2C3(c2ccccc2)c2ccccc2)c([2H])c([2H])c1-c1cccc(-c2ccc3ccccc3c2)c1. The van der Waals surface area contributed by atoms with E-state index < -0.39 is 10.8 Å². The van der Waals surface area contributed by atoms with Gasteiger partial charge in [-0.1, -0.05) is 255 Å². The first-order valence-corrected chi connectivity index (χ1v) is 25.1. The van der Waals surface area contributed by atoms with Crippen molar-refractivity contribution >= 4 is 27.8 Å². The van der Waals surface area contributed by atoms with Crippen molar-refractivity contribution in [2.75, 3.05) is 4.90 Å². The molecule has 0 radical (unpaired) electrons. The number of benzene rings is 12. The highest BCUT2D eigenvalue weighted by Gasteiger charge is 2.49. The number of rotatable bonds is 9. The smallest absolute Gasteiger partial charge is 0.0714 e. The second-order valence-corrected chi connectivity index (χ2v) is 19.2. The van der Waals surface area contributed by atoms with E-state index in [2.05, 4.69) is 237 Å². The molecule has 342 valence electrons. The Balaban J connectivity index is 1.06. The molecular formula is C72H49N. The van der Waals surface area contributed by atoms with Crippen LogP contribution in [0, 0.1) is 0 Å². The summed E-state index contributed by atoms with van der Waals surface area (Å²) in [6, 6.07) is 95.1. The van der Waals surface area contributed by atoms with E-state index in [0.717, 1.165) is 88.8 Å². The normalized spacial score (nSPS) is 14.2. The van der Waals surface area contributed by atoms with Crippen molar-refractivity contribution in [1.82, 2.24) is 0 Å². The predicted octanol–water partition coefficient (Wildman–Crippen LogP) is 18.4. The maximum absolute atomic E-state index is 10.3. The second-order valence-electron chi connectivity index (χ2n) is 19.2. The summed E-state index contributed by atoms with van der Waals surface area (Å²) in [5.41, 5.74) is 16.0. The van der Waals surface area contributed by atoms with Gasteiger partial charge >= 0.3 is 0 Å². The molecule has 0 aliphatic heterocycles. The number of fused-ring (bicyclic) bond motifs is 7. The molecule has 0 N–H and O–H groups in total. The summed E-state index contributed by atoms with van der Waals surface area (Å²) in [4.78, 5) is 2.03. The van der Waals surface area contributed by atoms with Crippen molar-refractivity contribution in [2.45, 2.75) is 10.8 Å². The third-order valence-corrected chi connectivity index (χ3v) is 15.5. The fraction of sp³-hybridized carbons (Fsp3) is 0.0278. The van der Waals surface area contributed by atoms with E-state index in [-0.39, 0.29) is 35.4 Å². The van der Waals surface area contributed by atoms with Crippen molar-refractivity contribution < 1.29 is 5.48 Å². The summed E-state index contributed by atoms with van der Waals surface area (Å²) in [6.07, 6.45) is 0. The Morgan fingerprint density at radius 2 is 0.740 bits per heavy atom. The number of anilines is 3. The van der Waals surface area contributed by atoms with Crippen molar-refractivity contribution in [2.24, 2.45) is 0 Å². The Morgan fingerprint density at radius 1 is 0.274 bits per heavy atom. The Bertz CT molecular complexity index is 4160. The molecule has 14 rings (SSSR count). The molecule has 0 fully saturated rings. The first-order chi connectivity index (χ1) is 37.9. The highest BCUT2D eigenvalue weighted by atomic mass is 15.1. The van der Waals surface area contributed by atoms with Gasteiger partial charge in [0.25, 0.3) is 0 Å². The van der Waals surface area contributed by atoms with E-state index in [1.807, 2.05) is 41.3 Å². The summed E-state index contributed by atoms with van der Waals surface area (Å²) >= 11 is 0. The molecule has 0 bridgehead atoms. The van der Waals surface area contributed by atoms with Crippen LogP contribution in [0.1, 0.15) is 50.0 Å². The van der Waals surface area contributed by atoms with Crippen LogP contribution in [-0.4, -0.2) is 0 Å². The Kier molecular flexibility index (Phi) is 9.08. The predicted molar refractivity (Wildman–Crippen MR) is 304 cm³/mol. The molecule has 0 saturated carbocycles. The van der Waals surface area contributed by atoms with Gasteiger partial charge in [-0.2, -0.15) is 0 Å². The zero-order valence-corrected chi connectivity index (χ0v) is 39.9. The number of hydrogen-bond acceptors (Lipinski definition) is 1. The Morgan fingerprint density at radius 3 is 1.37 bits per heavy atom. The third-order valence-electron chi connectivity index (χ3n) is 15.5. The monoisotopic (exact) mass is 931 g/mol. The first-order valence-electron chi connectivity index (χ1n) is 27.1. The molecular weight excluding hydrogens is 879 g/mol. The summed E-state index contributed by atoms with van der Waals surface area (Å²) in [6.45, 7) is 0. The van der Waals surface area contributed by atoms with Gasteiger partial charge < -0.3 is 4.90 Å². The van der Waals surface area contributed by atoms with Gasteiger partial charge in [0.15, 0.2) is 0 Å². The largest absolute Gasteiger partial charge is 0.310 e. The van der Waals surface area contributed by atoms with Crippen molar-refractivity contribution in [3.8, 4) is 44.5 Å². The molecule has 2 aliphatic rings. The Labute approximate surface area is 433 Å². The van der Waals surface area contributed by atoms with Crippen LogP contribution in [0.15, 0.2) is 297 Å². The molecule has 12 aromatic rings. The Hall–Kier alpha value is -9.30. The van der Waals surface area contributed by atoms with Crippen LogP contribution in [0.5, 0.6) is 0 Å². The molecule has 0 unspecified atom stereocenters. The van der Waals surface area contributed by atoms with E-state index in [1.165, 1.54) is 5.56 Å². The molecule has 1 heteroatoms. The summed E-state index contributed by atoms with van der Waals surface area (Å²) in [7, 11) is 0. The fourth-order valence-corrected chi connectivity index (χ4v) is 12.4. The van der Waals surface area contributed by atoms with E-state index in [0.29, 0.717) is 11.3 Å². The number of nitrogens with zero attached hydrogens (tertiary/aromatic N) is 1. The maximum Gasteiger partial charge on any atom is 0.0714 e. The van der Waals surface area contributed by atoms with Gasteiger partial charge in [0, 0.05) is 16.9 Å². The van der Waals surface area contributed by atoms with Gasteiger partial charge in [-0.05, 0) is 137 Å². The van der Waals surface area contributed by atoms with Gasteiger partial charge in [-0.25, -0.2) is 0 Å². The highest BCUT2D eigenvalue weighted by Crippen LogP contribution is 2.61. The topological polar surface area (TPSA) is 3.24 Å². The lowest BCUT2D eigenvalue weighted by atomic mass is 9.67. The van der Waals surface area contributed by atoms with Crippen LogP contribution in [0.25, 0.3) is 55.3 Å². The minimum absolute atomic E-state index is 0.117. The summed E-state index contributed by atoms with van der Waals surface area (Å²) in [5.74, 6) is 0. The van der Waals surface area contributed by atoms with Crippen LogP contribution in [0.4, 0.5) is 17.1 Å². The second kappa shape index (κ2) is 17.2. The maximum atomic E-state index is 10.3. The minimum atomic E-state index is -0.744. The van der Waals surface area contributed by atoms with E-state index in [4.69, 9.17) is 0 Å². The molecule has 0 heterocycles. The van der Waals surface area contributed by atoms with Gasteiger partial charge in [-0.15, -0.1) is 0 Å². The molecule has 0 aromatic heterocycles. The molecule has 0 atom stereocenters. The van der Waals surface area contributed by atoms with Crippen LogP contribution in [0.3, 0.4) is 0 Å². The zero-order valence-electron chi connectivity index (χ0n) is 43.9. The highest BCUT2D eigenvalue weighted by molar-refractivity contribution is 5.99. The van der Waals surface area contributed by atoms with Gasteiger partial charge in [0.2, 0.25) is 0 Å². The lowest BCUT2D eigenvalue weighted by Crippen LogP contribution is -2.29. The molecule has 1 nitrogen and oxygen atoms in total. The van der Waals surface area contributed by atoms with E-state index >= 15 is 0 Å². The van der Waals surface area contributed by atoms with Gasteiger partial charge in [0.05, 0.1) is 22.0 Å². The molecule has 0 saturated heterocycles. The third kappa shape index (κ3) is 6.56. The van der Waals surface area contributed by atoms with Crippen molar-refractivity contribution in [3.05, 3.63) is 342 Å². The van der Waals surface area contributed by atoms with Crippen LogP contribution >= 0.6 is 0 Å². The van der Waals surface area contributed by atoms with Crippen LogP contribution in [-0.2, 0) is 10.8 Å². The zero-order chi connectivity index (χ0) is 51.8. The van der Waals surface area contributed by atoms with Gasteiger partial charge in [0.1, 0.15) is 0 Å². The number of hydrogen-bond donors (Lipinski definition) is 0. The molecule has 2 aliphatic carbocycles. The first kappa shape index (κ1) is 38.5. The van der Waals surface area contributed by atoms with Gasteiger partial charge in [-0.3, -0.25) is 0 Å². The van der Waals surface area contributed by atoms with Crippen LogP contribution in [0.2, 0.25) is 0 Å². The molecule has 0 spiro atoms. The van der Waals surface area contributed by atoms with Crippen molar-refractivity contribution in [1.29, 1.82) is 0 Å². The summed E-state index contributed by atoms with van der Waals surface area (Å²) in [5, 5.41) is 2.26. The van der Waals surface area contributed by atoms with E-state index in [1.54, 1.807) is 0 Å². The van der Waals surface area contributed by atoms with E-state index in [9.17, 15) is 5.48 Å². The quantitative estimate of drug-likeness (QED) is 0.139. The minimum Gasteiger partial charge on any atom is -0.310 e. The van der Waals surface area contributed by atoms with Crippen molar-refractivity contribution in [3.63, 3.8) is 0 Å². The molecule has 0 amide bonds. The lowest BCUT2D eigenvalue weighted by molar-refractivity contribution is 0.768. The average Bonchev–Trinajstić information content (AvgIpc) is 4.01. The van der Waals surface area contributed by atoms with Crippen LogP contribution < -0.4 is 4.90 Å². The lowest BCUT2D eigenvalue weighted by Gasteiger charge is -2.35. The molecule has 12 aromatic carbocycles. The summed E-state index contributed by atoms with van der Waals surface area (Å²) < 4.78 is 40.7. The fourth-order valence-electron chi connectivity index (χ4n) is 12.4.